The zero-order valence-corrected chi connectivity index (χ0v) is 12.0. The van der Waals surface area contributed by atoms with E-state index in [1.165, 1.54) is 0 Å². The maximum absolute atomic E-state index is 12.8. The van der Waals surface area contributed by atoms with Crippen molar-refractivity contribution in [3.63, 3.8) is 0 Å². The molecule has 1 amide bonds. The molecule has 0 aromatic heterocycles. The fourth-order valence-corrected chi connectivity index (χ4v) is 2.86. The molecule has 0 aliphatic carbocycles. The summed E-state index contributed by atoms with van der Waals surface area (Å²) in [5, 5.41) is 3.39. The fraction of sp³-hybridized carbons (Fsp3) is 0.562. The van der Waals surface area contributed by atoms with Crippen molar-refractivity contribution in [1.29, 1.82) is 0 Å². The Labute approximate surface area is 116 Å². The molecule has 0 saturated carbocycles. The molecule has 3 heteroatoms. The molecule has 1 fully saturated rings. The van der Waals surface area contributed by atoms with Crippen molar-refractivity contribution in [1.82, 2.24) is 10.2 Å². The summed E-state index contributed by atoms with van der Waals surface area (Å²) in [7, 11) is 0. The van der Waals surface area contributed by atoms with Crippen LogP contribution in [-0.4, -0.2) is 36.5 Å². The van der Waals surface area contributed by atoms with E-state index in [0.29, 0.717) is 6.04 Å². The predicted octanol–water partition coefficient (Wildman–Crippen LogP) is 2.46. The summed E-state index contributed by atoms with van der Waals surface area (Å²) >= 11 is 0. The lowest BCUT2D eigenvalue weighted by atomic mass is 10.0. The number of aryl methyl sites for hydroxylation is 1. The van der Waals surface area contributed by atoms with Crippen LogP contribution >= 0.6 is 0 Å². The van der Waals surface area contributed by atoms with E-state index in [1.807, 2.05) is 23.1 Å². The Bertz CT molecular complexity index is 425. The molecule has 0 radical (unpaired) electrons. The van der Waals surface area contributed by atoms with Gasteiger partial charge in [0.15, 0.2) is 0 Å². The first-order valence-electron chi connectivity index (χ1n) is 7.37. The standard InChI is InChI=1S/C16H24N2O/c1-3-13-8-5-6-10-15(13)16(19)18(4-2)14-9-7-11-17-12-14/h5-6,8,10,14,17H,3-4,7,9,11-12H2,1-2H3. The Kier molecular flexibility index (Phi) is 4.97. The number of piperidine rings is 1. The van der Waals surface area contributed by atoms with Gasteiger partial charge in [-0.1, -0.05) is 25.1 Å². The highest BCUT2D eigenvalue weighted by atomic mass is 16.2. The molecule has 1 aromatic carbocycles. The molecule has 104 valence electrons. The number of benzene rings is 1. The van der Waals surface area contributed by atoms with E-state index in [0.717, 1.165) is 50.0 Å². The van der Waals surface area contributed by atoms with Gasteiger partial charge in [-0.3, -0.25) is 4.79 Å². The van der Waals surface area contributed by atoms with Crippen molar-refractivity contribution >= 4 is 5.91 Å². The van der Waals surface area contributed by atoms with E-state index in [9.17, 15) is 4.79 Å². The molecule has 0 spiro atoms. The van der Waals surface area contributed by atoms with Gasteiger partial charge < -0.3 is 10.2 Å². The van der Waals surface area contributed by atoms with Crippen LogP contribution in [0.5, 0.6) is 0 Å². The number of nitrogens with zero attached hydrogens (tertiary/aromatic N) is 1. The van der Waals surface area contributed by atoms with Gasteiger partial charge in [-0.15, -0.1) is 0 Å². The molecular formula is C16H24N2O. The highest BCUT2D eigenvalue weighted by molar-refractivity contribution is 5.96. The number of amides is 1. The van der Waals surface area contributed by atoms with E-state index < -0.39 is 0 Å². The highest BCUT2D eigenvalue weighted by Gasteiger charge is 2.25. The van der Waals surface area contributed by atoms with Gasteiger partial charge >= 0.3 is 0 Å². The second-order valence-electron chi connectivity index (χ2n) is 5.10. The summed E-state index contributed by atoms with van der Waals surface area (Å²) in [6.45, 7) is 6.95. The van der Waals surface area contributed by atoms with Crippen molar-refractivity contribution in [2.75, 3.05) is 19.6 Å². The molecule has 1 N–H and O–H groups in total. The number of carbonyl (C=O) groups excluding carboxylic acids is 1. The van der Waals surface area contributed by atoms with Crippen molar-refractivity contribution in [3.05, 3.63) is 35.4 Å². The third-order valence-electron chi connectivity index (χ3n) is 3.94. The van der Waals surface area contributed by atoms with Crippen LogP contribution in [0.15, 0.2) is 24.3 Å². The van der Waals surface area contributed by atoms with Crippen LogP contribution in [0.1, 0.15) is 42.6 Å². The predicted molar refractivity (Wildman–Crippen MR) is 78.4 cm³/mol. The molecule has 1 atom stereocenters. The van der Waals surface area contributed by atoms with Gasteiger partial charge in [0.1, 0.15) is 0 Å². The van der Waals surface area contributed by atoms with E-state index in [1.54, 1.807) is 0 Å². The van der Waals surface area contributed by atoms with E-state index in [2.05, 4.69) is 25.2 Å². The molecular weight excluding hydrogens is 236 g/mol. The lowest BCUT2D eigenvalue weighted by Gasteiger charge is -2.34. The quantitative estimate of drug-likeness (QED) is 0.902. The summed E-state index contributed by atoms with van der Waals surface area (Å²) < 4.78 is 0. The molecule has 19 heavy (non-hydrogen) atoms. The maximum atomic E-state index is 12.8. The molecule has 3 nitrogen and oxygen atoms in total. The van der Waals surface area contributed by atoms with Crippen LogP contribution in [-0.2, 0) is 6.42 Å². The average Bonchev–Trinajstić information content (AvgIpc) is 2.49. The monoisotopic (exact) mass is 260 g/mol. The van der Waals surface area contributed by atoms with Crippen LogP contribution in [0.3, 0.4) is 0 Å². The van der Waals surface area contributed by atoms with Crippen molar-refractivity contribution < 1.29 is 4.79 Å². The van der Waals surface area contributed by atoms with Crippen LogP contribution in [0.25, 0.3) is 0 Å². The molecule has 1 aliphatic heterocycles. The van der Waals surface area contributed by atoms with E-state index in [-0.39, 0.29) is 5.91 Å². The molecule has 1 aromatic rings. The van der Waals surface area contributed by atoms with Crippen molar-refractivity contribution in [2.24, 2.45) is 0 Å². The van der Waals surface area contributed by atoms with Gasteiger partial charge in [-0.05, 0) is 44.4 Å². The average molecular weight is 260 g/mol. The molecule has 1 heterocycles. The van der Waals surface area contributed by atoms with Crippen LogP contribution in [0, 0.1) is 0 Å². The summed E-state index contributed by atoms with van der Waals surface area (Å²) in [6.07, 6.45) is 3.17. The van der Waals surface area contributed by atoms with Gasteiger partial charge in [-0.25, -0.2) is 0 Å². The normalized spacial score (nSPS) is 19.2. The van der Waals surface area contributed by atoms with Gasteiger partial charge in [0, 0.05) is 24.7 Å². The number of rotatable bonds is 4. The zero-order chi connectivity index (χ0) is 13.7. The largest absolute Gasteiger partial charge is 0.335 e. The second-order valence-corrected chi connectivity index (χ2v) is 5.10. The first-order valence-corrected chi connectivity index (χ1v) is 7.37. The SMILES string of the molecule is CCc1ccccc1C(=O)N(CC)C1CCCNC1. The van der Waals surface area contributed by atoms with E-state index in [4.69, 9.17) is 0 Å². The summed E-state index contributed by atoms with van der Waals surface area (Å²) in [4.78, 5) is 14.8. The van der Waals surface area contributed by atoms with Gasteiger partial charge in [0.25, 0.3) is 5.91 Å². The number of hydrogen-bond donors (Lipinski definition) is 1. The Hall–Kier alpha value is -1.35. The smallest absolute Gasteiger partial charge is 0.254 e. The minimum absolute atomic E-state index is 0.189. The number of nitrogens with one attached hydrogen (secondary N) is 1. The topological polar surface area (TPSA) is 32.3 Å². The van der Waals surface area contributed by atoms with Crippen LogP contribution < -0.4 is 5.32 Å². The van der Waals surface area contributed by atoms with E-state index >= 15 is 0 Å². The first kappa shape index (κ1) is 14.1. The zero-order valence-electron chi connectivity index (χ0n) is 12.0. The lowest BCUT2D eigenvalue weighted by molar-refractivity contribution is 0.0661. The van der Waals surface area contributed by atoms with Crippen LogP contribution in [0.2, 0.25) is 0 Å². The Balaban J connectivity index is 2.19. The molecule has 1 aliphatic rings. The lowest BCUT2D eigenvalue weighted by Crippen LogP contribution is -2.48. The Morgan fingerprint density at radius 1 is 1.37 bits per heavy atom. The maximum Gasteiger partial charge on any atom is 0.254 e. The van der Waals surface area contributed by atoms with Crippen molar-refractivity contribution in [3.8, 4) is 0 Å². The summed E-state index contributed by atoms with van der Waals surface area (Å²) in [5.74, 6) is 0.189. The Morgan fingerprint density at radius 3 is 2.79 bits per heavy atom. The van der Waals surface area contributed by atoms with Crippen molar-refractivity contribution in [2.45, 2.75) is 39.2 Å². The third kappa shape index (κ3) is 3.16. The molecule has 1 unspecified atom stereocenters. The van der Waals surface area contributed by atoms with Gasteiger partial charge in [0.2, 0.25) is 0 Å². The van der Waals surface area contributed by atoms with Crippen LogP contribution in [0.4, 0.5) is 0 Å². The second kappa shape index (κ2) is 6.71. The minimum atomic E-state index is 0.189. The number of carbonyl (C=O) groups is 1. The number of hydrogen-bond acceptors (Lipinski definition) is 2. The molecule has 2 rings (SSSR count). The van der Waals surface area contributed by atoms with Gasteiger partial charge in [0.05, 0.1) is 0 Å². The number of likely N-dealkylation sites (N-methyl/N-ethyl adjacent to an activating group) is 1. The minimum Gasteiger partial charge on any atom is -0.335 e. The molecule has 1 saturated heterocycles. The molecule has 0 bridgehead atoms. The first-order chi connectivity index (χ1) is 9.27. The fourth-order valence-electron chi connectivity index (χ4n) is 2.86. The highest BCUT2D eigenvalue weighted by Crippen LogP contribution is 2.17. The van der Waals surface area contributed by atoms with Gasteiger partial charge in [-0.2, -0.15) is 0 Å². The third-order valence-corrected chi connectivity index (χ3v) is 3.94. The summed E-state index contributed by atoms with van der Waals surface area (Å²) in [5.41, 5.74) is 2.02. The Morgan fingerprint density at radius 2 is 2.16 bits per heavy atom. The summed E-state index contributed by atoms with van der Waals surface area (Å²) in [6, 6.07) is 8.32.